The van der Waals surface area contributed by atoms with E-state index in [1.807, 2.05) is 35.0 Å². The molecule has 6 nitrogen and oxygen atoms in total. The molecule has 0 aliphatic heterocycles. The lowest BCUT2D eigenvalue weighted by Crippen LogP contribution is -2.11. The van der Waals surface area contributed by atoms with Gasteiger partial charge < -0.3 is 10.6 Å². The topological polar surface area (TPSA) is 71.3 Å². The van der Waals surface area contributed by atoms with Crippen LogP contribution in [-0.2, 0) is 16.6 Å². The van der Waals surface area contributed by atoms with E-state index in [-0.39, 0.29) is 11.3 Å². The van der Waals surface area contributed by atoms with E-state index in [0.717, 1.165) is 34.4 Å². The van der Waals surface area contributed by atoms with Gasteiger partial charge in [-0.05, 0) is 24.1 Å². The summed E-state index contributed by atoms with van der Waals surface area (Å²) >= 11 is 1.56. The summed E-state index contributed by atoms with van der Waals surface area (Å²) in [6, 6.07) is 7.89. The lowest BCUT2D eigenvalue weighted by molar-refractivity contribution is -0.114. The maximum Gasteiger partial charge on any atom is 0.221 e. The largest absolute Gasteiger partial charge is 0.360 e. The Morgan fingerprint density at radius 1 is 1.24 bits per heavy atom. The van der Waals surface area contributed by atoms with Crippen LogP contribution in [0, 0.1) is 0 Å². The molecule has 7 heteroatoms. The van der Waals surface area contributed by atoms with Gasteiger partial charge in [0.1, 0.15) is 0 Å². The molecule has 2 N–H and O–H groups in total. The second-order valence-electron chi connectivity index (χ2n) is 7.07. The van der Waals surface area contributed by atoms with E-state index in [4.69, 9.17) is 0 Å². The summed E-state index contributed by atoms with van der Waals surface area (Å²) in [5, 5.41) is 11.5. The van der Waals surface area contributed by atoms with Gasteiger partial charge in [-0.25, -0.2) is 9.50 Å². The number of amides is 1. The number of fused-ring (bicyclic) bond motifs is 1. The Morgan fingerprint density at radius 3 is 2.56 bits per heavy atom. The van der Waals surface area contributed by atoms with E-state index in [0.29, 0.717) is 0 Å². The normalized spacial score (nSPS) is 11.7. The van der Waals surface area contributed by atoms with Gasteiger partial charge in [0.15, 0.2) is 0 Å². The van der Waals surface area contributed by atoms with Gasteiger partial charge in [-0.15, -0.1) is 5.10 Å². The van der Waals surface area contributed by atoms with E-state index in [1.54, 1.807) is 11.3 Å². The minimum atomic E-state index is -0.0576. The predicted molar refractivity (Wildman–Crippen MR) is 103 cm³/mol. The molecule has 3 aromatic rings. The van der Waals surface area contributed by atoms with Crippen molar-refractivity contribution in [2.45, 2.75) is 39.5 Å². The Morgan fingerprint density at radius 2 is 1.96 bits per heavy atom. The number of benzene rings is 1. The second kappa shape index (κ2) is 6.84. The smallest absolute Gasteiger partial charge is 0.221 e. The molecule has 0 radical (unpaired) electrons. The zero-order chi connectivity index (χ0) is 18.0. The number of carbonyl (C=O) groups is 1. The molecule has 25 heavy (non-hydrogen) atoms. The molecule has 0 saturated heterocycles. The first-order chi connectivity index (χ1) is 11.8. The van der Waals surface area contributed by atoms with Crippen molar-refractivity contribution in [2.75, 3.05) is 17.2 Å². The molecule has 0 saturated carbocycles. The van der Waals surface area contributed by atoms with Crippen molar-refractivity contribution in [1.82, 2.24) is 14.6 Å². The van der Waals surface area contributed by atoms with Crippen LogP contribution >= 0.6 is 11.3 Å². The molecule has 0 aliphatic carbocycles. The molecule has 1 aromatic carbocycles. The average Bonchev–Trinajstić information content (AvgIpc) is 3.06. The van der Waals surface area contributed by atoms with Gasteiger partial charge in [0.05, 0.1) is 11.9 Å². The number of hydrogen-bond donors (Lipinski definition) is 2. The Kier molecular flexibility index (Phi) is 4.76. The zero-order valence-electron chi connectivity index (χ0n) is 15.0. The fraction of sp³-hybridized carbons (Fsp3) is 0.389. The Hall–Kier alpha value is -2.41. The van der Waals surface area contributed by atoms with Gasteiger partial charge in [-0.2, -0.15) is 0 Å². The maximum atomic E-state index is 11.0. The number of carbonyl (C=O) groups excluding carboxylic acids is 1. The third kappa shape index (κ3) is 4.36. The van der Waals surface area contributed by atoms with Gasteiger partial charge in [0.25, 0.3) is 0 Å². The summed E-state index contributed by atoms with van der Waals surface area (Å²) < 4.78 is 1.84. The summed E-state index contributed by atoms with van der Waals surface area (Å²) in [4.78, 5) is 16.6. The molecule has 1 amide bonds. The van der Waals surface area contributed by atoms with E-state index in [9.17, 15) is 4.79 Å². The van der Waals surface area contributed by atoms with Gasteiger partial charge in [-0.1, -0.05) is 44.2 Å². The van der Waals surface area contributed by atoms with Crippen LogP contribution in [0.4, 0.5) is 10.8 Å². The lowest BCUT2D eigenvalue weighted by atomic mass is 9.93. The van der Waals surface area contributed by atoms with Gasteiger partial charge in [0.2, 0.25) is 16.0 Å². The monoisotopic (exact) mass is 357 g/mol. The van der Waals surface area contributed by atoms with E-state index >= 15 is 0 Å². The summed E-state index contributed by atoms with van der Waals surface area (Å²) in [6.07, 6.45) is 2.88. The molecule has 0 unspecified atom stereocenters. The highest BCUT2D eigenvalue weighted by Crippen LogP contribution is 2.25. The van der Waals surface area contributed by atoms with Crippen molar-refractivity contribution in [3.8, 4) is 0 Å². The highest BCUT2D eigenvalue weighted by Gasteiger charge is 2.19. The third-order valence-electron chi connectivity index (χ3n) is 3.78. The van der Waals surface area contributed by atoms with Crippen LogP contribution < -0.4 is 10.6 Å². The molecule has 2 heterocycles. The fourth-order valence-electron chi connectivity index (χ4n) is 2.40. The number of imidazole rings is 1. The zero-order valence-corrected chi connectivity index (χ0v) is 15.8. The maximum absolute atomic E-state index is 11.0. The van der Waals surface area contributed by atoms with Gasteiger partial charge >= 0.3 is 0 Å². The SMILES string of the molecule is CC(=O)Nc1ccc(CCNc2nn3cc(C(C)(C)C)nc3s2)cc1. The van der Waals surface area contributed by atoms with Crippen LogP contribution in [0.25, 0.3) is 4.96 Å². The lowest BCUT2D eigenvalue weighted by Gasteiger charge is -2.13. The number of aromatic nitrogens is 3. The Labute approximate surface area is 151 Å². The minimum absolute atomic E-state index is 0.0322. The van der Waals surface area contributed by atoms with Crippen molar-refractivity contribution in [3.05, 3.63) is 41.7 Å². The number of rotatable bonds is 5. The van der Waals surface area contributed by atoms with Crippen molar-refractivity contribution >= 4 is 33.0 Å². The Balaban J connectivity index is 1.56. The molecule has 2 aromatic heterocycles. The summed E-state index contributed by atoms with van der Waals surface area (Å²) in [7, 11) is 0. The standard InChI is InChI=1S/C18H23N5OS/c1-12(24)20-14-7-5-13(6-8-14)9-10-19-16-22-23-11-15(18(2,3)4)21-17(23)25-16/h5-8,11H,9-10H2,1-4H3,(H,19,22)(H,20,24). The van der Waals surface area contributed by atoms with E-state index in [1.165, 1.54) is 12.5 Å². The van der Waals surface area contributed by atoms with Crippen LogP contribution in [0.15, 0.2) is 30.5 Å². The highest BCUT2D eigenvalue weighted by molar-refractivity contribution is 7.20. The molecule has 0 atom stereocenters. The molecule has 3 rings (SSSR count). The number of nitrogens with one attached hydrogen (secondary N) is 2. The molecule has 0 spiro atoms. The van der Waals surface area contributed by atoms with Gasteiger partial charge in [0, 0.05) is 24.6 Å². The first kappa shape index (κ1) is 17.4. The molecule has 132 valence electrons. The first-order valence-corrected chi connectivity index (χ1v) is 9.10. The molecule has 0 bridgehead atoms. The molecule has 0 fully saturated rings. The van der Waals surface area contributed by atoms with Gasteiger partial charge in [-0.3, -0.25) is 4.79 Å². The second-order valence-corrected chi connectivity index (χ2v) is 8.02. The van der Waals surface area contributed by atoms with Crippen molar-refractivity contribution in [1.29, 1.82) is 0 Å². The first-order valence-electron chi connectivity index (χ1n) is 8.28. The quantitative estimate of drug-likeness (QED) is 0.730. The fourth-order valence-corrected chi connectivity index (χ4v) is 3.21. The van der Waals surface area contributed by atoms with Crippen LogP contribution in [-0.4, -0.2) is 27.0 Å². The highest BCUT2D eigenvalue weighted by atomic mass is 32.1. The van der Waals surface area contributed by atoms with Crippen LogP contribution in [0.1, 0.15) is 39.0 Å². The summed E-state index contributed by atoms with van der Waals surface area (Å²) in [5.74, 6) is -0.0576. The molecular formula is C18H23N5OS. The molecule has 0 aliphatic rings. The Bertz CT molecular complexity index is 842. The van der Waals surface area contributed by atoms with Crippen molar-refractivity contribution in [3.63, 3.8) is 0 Å². The van der Waals surface area contributed by atoms with Crippen LogP contribution in [0.2, 0.25) is 0 Å². The number of hydrogen-bond acceptors (Lipinski definition) is 5. The van der Waals surface area contributed by atoms with Crippen LogP contribution in [0.3, 0.4) is 0 Å². The molecular weight excluding hydrogens is 334 g/mol. The minimum Gasteiger partial charge on any atom is -0.360 e. The average molecular weight is 357 g/mol. The number of nitrogens with zero attached hydrogens (tertiary/aromatic N) is 3. The van der Waals surface area contributed by atoms with Crippen molar-refractivity contribution in [2.24, 2.45) is 0 Å². The predicted octanol–water partition coefficient (Wildman–Crippen LogP) is 3.70. The third-order valence-corrected chi connectivity index (χ3v) is 4.66. The summed E-state index contributed by atoms with van der Waals surface area (Å²) in [5.41, 5.74) is 3.11. The summed E-state index contributed by atoms with van der Waals surface area (Å²) in [6.45, 7) is 8.75. The van der Waals surface area contributed by atoms with Crippen molar-refractivity contribution < 1.29 is 4.79 Å². The van der Waals surface area contributed by atoms with E-state index < -0.39 is 0 Å². The van der Waals surface area contributed by atoms with E-state index in [2.05, 4.69) is 41.5 Å². The number of anilines is 2. The van der Waals surface area contributed by atoms with Crippen LogP contribution in [0.5, 0.6) is 0 Å².